The van der Waals surface area contributed by atoms with Crippen LogP contribution in [0.3, 0.4) is 0 Å². The normalized spacial score (nSPS) is 17.8. The number of oxazole rings is 1. The summed E-state index contributed by atoms with van der Waals surface area (Å²) in [5, 5.41) is 12.5. The molecule has 8 heteroatoms. The molecule has 6 nitrogen and oxygen atoms in total. The van der Waals surface area contributed by atoms with Crippen molar-refractivity contribution in [1.82, 2.24) is 15.2 Å². The maximum atomic E-state index is 5.70. The van der Waals surface area contributed by atoms with Crippen molar-refractivity contribution in [3.63, 3.8) is 0 Å². The molecule has 4 rings (SSSR count). The third-order valence-electron chi connectivity index (χ3n) is 3.57. The van der Waals surface area contributed by atoms with E-state index in [2.05, 4.69) is 20.5 Å². The van der Waals surface area contributed by atoms with Gasteiger partial charge >= 0.3 is 0 Å². The van der Waals surface area contributed by atoms with Crippen molar-refractivity contribution in [2.24, 2.45) is 0 Å². The van der Waals surface area contributed by atoms with Crippen LogP contribution in [0.5, 0.6) is 0 Å². The highest BCUT2D eigenvalue weighted by molar-refractivity contribution is 8.00. The van der Waals surface area contributed by atoms with E-state index in [1.54, 1.807) is 23.1 Å². The molecule has 1 N–H and O–H groups in total. The van der Waals surface area contributed by atoms with Crippen LogP contribution < -0.4 is 5.32 Å². The molecule has 120 valence electrons. The first-order valence-corrected chi connectivity index (χ1v) is 9.33. The van der Waals surface area contributed by atoms with E-state index in [1.807, 2.05) is 24.3 Å². The zero-order valence-corrected chi connectivity index (χ0v) is 14.0. The van der Waals surface area contributed by atoms with Crippen molar-refractivity contribution in [3.05, 3.63) is 30.2 Å². The van der Waals surface area contributed by atoms with Gasteiger partial charge in [0.05, 0.1) is 11.9 Å². The molecule has 0 spiro atoms. The van der Waals surface area contributed by atoms with Crippen molar-refractivity contribution in [1.29, 1.82) is 0 Å². The highest BCUT2D eigenvalue weighted by atomic mass is 32.2. The average molecular weight is 348 g/mol. The van der Waals surface area contributed by atoms with E-state index in [9.17, 15) is 0 Å². The van der Waals surface area contributed by atoms with Gasteiger partial charge in [-0.25, -0.2) is 4.98 Å². The predicted molar refractivity (Wildman–Crippen MR) is 90.9 cm³/mol. The summed E-state index contributed by atoms with van der Waals surface area (Å²) in [7, 11) is 0. The summed E-state index contributed by atoms with van der Waals surface area (Å²) >= 11 is 3.13. The van der Waals surface area contributed by atoms with Crippen LogP contribution in [0.15, 0.2) is 33.0 Å². The third kappa shape index (κ3) is 3.65. The lowest BCUT2D eigenvalue weighted by molar-refractivity contribution is 0.120. The Labute approximate surface area is 141 Å². The lowest BCUT2D eigenvalue weighted by atomic mass is 10.2. The molecule has 1 aliphatic heterocycles. The fraction of sp³-hybridized carbons (Fsp3) is 0.400. The molecule has 0 aliphatic carbocycles. The van der Waals surface area contributed by atoms with Gasteiger partial charge in [-0.2, -0.15) is 0 Å². The molecule has 1 aliphatic rings. The zero-order valence-electron chi connectivity index (χ0n) is 12.4. The SMILES string of the molecule is c1ccc2oc(CSc3nnc(NCC4CCCO4)s3)nc2c1. The first-order chi connectivity index (χ1) is 11.4. The molecular weight excluding hydrogens is 332 g/mol. The number of para-hydroxylation sites is 2. The molecule has 0 radical (unpaired) electrons. The molecular formula is C15H16N4O2S2. The van der Waals surface area contributed by atoms with E-state index < -0.39 is 0 Å². The molecule has 0 bridgehead atoms. The molecule has 1 atom stereocenters. The monoisotopic (exact) mass is 348 g/mol. The predicted octanol–water partition coefficient (Wildman–Crippen LogP) is 3.56. The molecule has 1 unspecified atom stereocenters. The minimum absolute atomic E-state index is 0.301. The number of thioether (sulfide) groups is 1. The number of benzene rings is 1. The number of hydrogen-bond acceptors (Lipinski definition) is 8. The van der Waals surface area contributed by atoms with Gasteiger partial charge in [0.15, 0.2) is 9.92 Å². The fourth-order valence-corrected chi connectivity index (χ4v) is 4.05. The second kappa shape index (κ2) is 6.86. The topological polar surface area (TPSA) is 73.1 Å². The van der Waals surface area contributed by atoms with Crippen LogP contribution in [-0.2, 0) is 10.5 Å². The van der Waals surface area contributed by atoms with Crippen LogP contribution in [0.2, 0.25) is 0 Å². The molecule has 23 heavy (non-hydrogen) atoms. The Bertz CT molecular complexity index is 749. The molecule has 1 fully saturated rings. The standard InChI is InChI=1S/C15H16N4O2S2/c1-2-6-12-11(5-1)17-13(21-12)9-22-15-19-18-14(23-15)16-8-10-4-3-7-20-10/h1-2,5-6,10H,3-4,7-9H2,(H,16,18). The number of hydrogen-bond donors (Lipinski definition) is 1. The number of anilines is 1. The summed E-state index contributed by atoms with van der Waals surface area (Å²) in [6.45, 7) is 1.67. The Morgan fingerprint density at radius 1 is 1.30 bits per heavy atom. The van der Waals surface area contributed by atoms with Crippen molar-refractivity contribution in [3.8, 4) is 0 Å². The molecule has 1 aromatic carbocycles. The van der Waals surface area contributed by atoms with E-state index in [-0.39, 0.29) is 0 Å². The molecule has 3 aromatic rings. The Morgan fingerprint density at radius 2 is 2.26 bits per heavy atom. The number of nitrogens with zero attached hydrogens (tertiary/aromatic N) is 3. The van der Waals surface area contributed by atoms with E-state index >= 15 is 0 Å². The van der Waals surface area contributed by atoms with Crippen molar-refractivity contribution in [2.75, 3.05) is 18.5 Å². The second-order valence-electron chi connectivity index (χ2n) is 5.25. The summed E-state index contributed by atoms with van der Waals surface area (Å²) in [4.78, 5) is 4.46. The van der Waals surface area contributed by atoms with Crippen molar-refractivity contribution >= 4 is 39.3 Å². The average Bonchev–Trinajstić information content (AvgIpc) is 3.30. The lowest BCUT2D eigenvalue weighted by Gasteiger charge is -2.08. The molecule has 0 saturated carbocycles. The lowest BCUT2D eigenvalue weighted by Crippen LogP contribution is -2.18. The quantitative estimate of drug-likeness (QED) is 0.683. The Hall–Kier alpha value is -1.64. The van der Waals surface area contributed by atoms with Gasteiger partial charge in [0.1, 0.15) is 5.52 Å². The molecule has 3 heterocycles. The first-order valence-electron chi connectivity index (χ1n) is 7.53. The van der Waals surface area contributed by atoms with Gasteiger partial charge in [0.2, 0.25) is 11.0 Å². The summed E-state index contributed by atoms with van der Waals surface area (Å²) in [6, 6.07) is 7.78. The van der Waals surface area contributed by atoms with E-state index in [0.29, 0.717) is 17.7 Å². The third-order valence-corrected chi connectivity index (χ3v) is 5.57. The number of rotatable bonds is 6. The zero-order chi connectivity index (χ0) is 15.5. The van der Waals surface area contributed by atoms with Crippen LogP contribution in [0.1, 0.15) is 18.7 Å². The van der Waals surface area contributed by atoms with Crippen LogP contribution in [0.25, 0.3) is 11.1 Å². The summed E-state index contributed by atoms with van der Waals surface area (Å²) in [6.07, 6.45) is 2.56. The smallest absolute Gasteiger partial charge is 0.206 e. The van der Waals surface area contributed by atoms with Crippen LogP contribution >= 0.6 is 23.1 Å². The van der Waals surface area contributed by atoms with Gasteiger partial charge in [-0.1, -0.05) is 35.2 Å². The fourth-order valence-electron chi connectivity index (χ4n) is 2.45. The molecule has 0 amide bonds. The minimum atomic E-state index is 0.301. The maximum Gasteiger partial charge on any atom is 0.206 e. The number of fused-ring (bicyclic) bond motifs is 1. The Balaban J connectivity index is 1.32. The van der Waals surface area contributed by atoms with Gasteiger partial charge in [-0.3, -0.25) is 0 Å². The largest absolute Gasteiger partial charge is 0.440 e. The highest BCUT2D eigenvalue weighted by Gasteiger charge is 2.16. The van der Waals surface area contributed by atoms with Crippen LogP contribution in [0.4, 0.5) is 5.13 Å². The second-order valence-corrected chi connectivity index (χ2v) is 7.45. The summed E-state index contributed by atoms with van der Waals surface area (Å²) < 4.78 is 12.2. The van der Waals surface area contributed by atoms with Crippen LogP contribution in [-0.4, -0.2) is 34.4 Å². The number of nitrogens with one attached hydrogen (secondary N) is 1. The van der Waals surface area contributed by atoms with Crippen molar-refractivity contribution in [2.45, 2.75) is 29.0 Å². The van der Waals surface area contributed by atoms with E-state index in [0.717, 1.165) is 46.6 Å². The number of aromatic nitrogens is 3. The minimum Gasteiger partial charge on any atom is -0.440 e. The Morgan fingerprint density at radius 3 is 3.13 bits per heavy atom. The first kappa shape index (κ1) is 14.9. The number of ether oxygens (including phenoxy) is 1. The Kier molecular flexibility index (Phi) is 4.45. The van der Waals surface area contributed by atoms with E-state index in [4.69, 9.17) is 9.15 Å². The highest BCUT2D eigenvalue weighted by Crippen LogP contribution is 2.29. The molecule has 1 saturated heterocycles. The molecule has 2 aromatic heterocycles. The van der Waals surface area contributed by atoms with E-state index in [1.165, 1.54) is 0 Å². The van der Waals surface area contributed by atoms with Crippen LogP contribution in [0, 0.1) is 0 Å². The van der Waals surface area contributed by atoms with Crippen molar-refractivity contribution < 1.29 is 9.15 Å². The summed E-state index contributed by atoms with van der Waals surface area (Å²) in [5.74, 6) is 1.36. The van der Waals surface area contributed by atoms with Gasteiger partial charge < -0.3 is 14.5 Å². The van der Waals surface area contributed by atoms with Gasteiger partial charge in [-0.05, 0) is 25.0 Å². The van der Waals surface area contributed by atoms with Gasteiger partial charge in [0, 0.05) is 13.2 Å². The van der Waals surface area contributed by atoms with Gasteiger partial charge in [-0.15, -0.1) is 10.2 Å². The summed E-state index contributed by atoms with van der Waals surface area (Å²) in [5.41, 5.74) is 1.71. The maximum absolute atomic E-state index is 5.70. The van der Waals surface area contributed by atoms with Gasteiger partial charge in [0.25, 0.3) is 0 Å².